The smallest absolute Gasteiger partial charge is 0.255 e. The van der Waals surface area contributed by atoms with Crippen LogP contribution >= 0.6 is 34.8 Å². The Labute approximate surface area is 190 Å². The van der Waals surface area contributed by atoms with Crippen LogP contribution in [0.3, 0.4) is 0 Å². The lowest BCUT2D eigenvalue weighted by Gasteiger charge is -2.27. The number of amides is 1. The van der Waals surface area contributed by atoms with Crippen LogP contribution in [0, 0.1) is 11.3 Å². The number of likely N-dealkylation sites (tertiary alicyclic amines) is 1. The third-order valence-corrected chi connectivity index (χ3v) is 6.86. The van der Waals surface area contributed by atoms with Crippen molar-refractivity contribution in [1.82, 2.24) is 9.47 Å². The summed E-state index contributed by atoms with van der Waals surface area (Å²) in [5, 5.41) is 11.5. The summed E-state index contributed by atoms with van der Waals surface area (Å²) in [6.07, 6.45) is 3.64. The number of carbonyl (C=O) groups excluding carboxylic acids is 1. The summed E-state index contributed by atoms with van der Waals surface area (Å²) < 4.78 is 1.98. The van der Waals surface area contributed by atoms with Crippen molar-refractivity contribution < 1.29 is 4.79 Å². The standard InChI is InChI=1S/C23H20Cl3N3O/c1-28-15(11-17-20(25)9-14(13-27)10-21(17)28)12-18-19(24)6-5-16(22(18)26)23(30)29-7-3-2-4-8-29/h5-6,9-11H,2-4,7-8,12H2,1H3. The predicted molar refractivity (Wildman–Crippen MR) is 122 cm³/mol. The van der Waals surface area contributed by atoms with Crippen molar-refractivity contribution in [2.45, 2.75) is 25.7 Å². The molecule has 2 heterocycles. The third-order valence-electron chi connectivity index (χ3n) is 5.76. The minimum Gasteiger partial charge on any atom is -0.347 e. The van der Waals surface area contributed by atoms with E-state index in [0.717, 1.165) is 48.9 Å². The molecular weight excluding hydrogens is 441 g/mol. The van der Waals surface area contributed by atoms with E-state index in [1.165, 1.54) is 0 Å². The number of hydrogen-bond acceptors (Lipinski definition) is 2. The number of hydrogen-bond donors (Lipinski definition) is 0. The van der Waals surface area contributed by atoms with Gasteiger partial charge in [-0.2, -0.15) is 5.26 Å². The Morgan fingerprint density at radius 1 is 1.07 bits per heavy atom. The van der Waals surface area contributed by atoms with Gasteiger partial charge in [0.15, 0.2) is 0 Å². The zero-order valence-corrected chi connectivity index (χ0v) is 18.8. The Bertz CT molecular complexity index is 1190. The molecule has 154 valence electrons. The van der Waals surface area contributed by atoms with Crippen LogP contribution in [0.4, 0.5) is 0 Å². The molecule has 7 heteroatoms. The van der Waals surface area contributed by atoms with Crippen LogP contribution in [0.2, 0.25) is 15.1 Å². The molecule has 2 aromatic carbocycles. The van der Waals surface area contributed by atoms with Gasteiger partial charge >= 0.3 is 0 Å². The lowest BCUT2D eigenvalue weighted by Crippen LogP contribution is -2.35. The molecule has 0 spiro atoms. The monoisotopic (exact) mass is 459 g/mol. The number of halogens is 3. The van der Waals surface area contributed by atoms with Gasteiger partial charge in [-0.25, -0.2) is 0 Å². The topological polar surface area (TPSA) is 49.0 Å². The van der Waals surface area contributed by atoms with Crippen LogP contribution < -0.4 is 0 Å². The van der Waals surface area contributed by atoms with Crippen molar-refractivity contribution >= 4 is 51.6 Å². The Kier molecular flexibility index (Phi) is 5.97. The lowest BCUT2D eigenvalue weighted by atomic mass is 10.0. The Balaban J connectivity index is 1.73. The van der Waals surface area contributed by atoms with Crippen molar-refractivity contribution in [3.8, 4) is 6.07 Å². The second-order valence-corrected chi connectivity index (χ2v) is 8.81. The fraction of sp³-hybridized carbons (Fsp3) is 0.304. The second-order valence-electron chi connectivity index (χ2n) is 7.61. The van der Waals surface area contributed by atoms with E-state index in [9.17, 15) is 10.1 Å². The molecule has 1 amide bonds. The average Bonchev–Trinajstić information content (AvgIpc) is 3.07. The van der Waals surface area contributed by atoms with Gasteiger partial charge in [0.2, 0.25) is 0 Å². The highest BCUT2D eigenvalue weighted by atomic mass is 35.5. The maximum Gasteiger partial charge on any atom is 0.255 e. The first kappa shape index (κ1) is 21.1. The molecule has 1 aliphatic heterocycles. The summed E-state index contributed by atoms with van der Waals surface area (Å²) in [5.41, 5.74) is 3.51. The summed E-state index contributed by atoms with van der Waals surface area (Å²) >= 11 is 19.6. The van der Waals surface area contributed by atoms with E-state index in [-0.39, 0.29) is 5.91 Å². The highest BCUT2D eigenvalue weighted by Gasteiger charge is 2.23. The second kappa shape index (κ2) is 8.51. The maximum atomic E-state index is 13.0. The van der Waals surface area contributed by atoms with Gasteiger partial charge in [-0.15, -0.1) is 0 Å². The van der Waals surface area contributed by atoms with Gasteiger partial charge in [-0.1, -0.05) is 34.8 Å². The Morgan fingerprint density at radius 3 is 2.50 bits per heavy atom. The van der Waals surface area contributed by atoms with E-state index >= 15 is 0 Å². The van der Waals surface area contributed by atoms with Gasteiger partial charge in [0.25, 0.3) is 5.91 Å². The maximum absolute atomic E-state index is 13.0. The SMILES string of the molecule is Cn1c(Cc2c(Cl)ccc(C(=O)N3CCCCC3)c2Cl)cc2c(Cl)cc(C#N)cc21. The molecule has 3 aromatic rings. The number of aromatic nitrogens is 1. The van der Waals surface area contributed by atoms with Crippen LogP contribution in [0.15, 0.2) is 30.3 Å². The zero-order valence-electron chi connectivity index (χ0n) is 16.5. The molecule has 4 rings (SSSR count). The molecule has 1 aliphatic rings. The number of fused-ring (bicyclic) bond motifs is 1. The molecule has 0 bridgehead atoms. The molecule has 1 saturated heterocycles. The number of nitrogens with zero attached hydrogens (tertiary/aromatic N) is 3. The van der Waals surface area contributed by atoms with Crippen molar-refractivity contribution in [1.29, 1.82) is 5.26 Å². The molecule has 0 atom stereocenters. The van der Waals surface area contributed by atoms with E-state index in [4.69, 9.17) is 34.8 Å². The van der Waals surface area contributed by atoms with E-state index in [1.54, 1.807) is 18.2 Å². The van der Waals surface area contributed by atoms with Gasteiger partial charge in [-0.05, 0) is 55.2 Å². The van der Waals surface area contributed by atoms with Crippen molar-refractivity contribution in [3.05, 3.63) is 67.8 Å². The molecule has 1 fully saturated rings. The molecule has 30 heavy (non-hydrogen) atoms. The Morgan fingerprint density at radius 2 is 1.80 bits per heavy atom. The summed E-state index contributed by atoms with van der Waals surface area (Å²) in [6.45, 7) is 1.52. The molecule has 0 N–H and O–H groups in total. The zero-order chi connectivity index (χ0) is 21.4. The number of nitriles is 1. The van der Waals surface area contributed by atoms with E-state index in [2.05, 4.69) is 6.07 Å². The first-order chi connectivity index (χ1) is 14.4. The van der Waals surface area contributed by atoms with Crippen LogP contribution in [0.25, 0.3) is 10.9 Å². The number of aryl methyl sites for hydroxylation is 1. The molecule has 0 radical (unpaired) electrons. The third kappa shape index (κ3) is 3.78. The number of rotatable bonds is 3. The lowest BCUT2D eigenvalue weighted by molar-refractivity contribution is 0.0724. The van der Waals surface area contributed by atoms with E-state index < -0.39 is 0 Å². The van der Waals surface area contributed by atoms with Gasteiger partial charge in [-0.3, -0.25) is 4.79 Å². The van der Waals surface area contributed by atoms with Gasteiger partial charge in [0.1, 0.15) is 0 Å². The molecule has 0 unspecified atom stereocenters. The van der Waals surface area contributed by atoms with Crippen LogP contribution in [-0.4, -0.2) is 28.5 Å². The number of piperidine rings is 1. The molecule has 1 aromatic heterocycles. The van der Waals surface area contributed by atoms with E-state index in [1.807, 2.05) is 28.6 Å². The molecular formula is C23H20Cl3N3O. The highest BCUT2D eigenvalue weighted by Crippen LogP contribution is 2.34. The Hall–Kier alpha value is -2.19. The molecule has 4 nitrogen and oxygen atoms in total. The van der Waals surface area contributed by atoms with Crippen molar-refractivity contribution in [2.24, 2.45) is 7.05 Å². The van der Waals surface area contributed by atoms with Gasteiger partial charge < -0.3 is 9.47 Å². The quantitative estimate of drug-likeness (QED) is 0.465. The largest absolute Gasteiger partial charge is 0.347 e. The minimum absolute atomic E-state index is 0.0450. The first-order valence-corrected chi connectivity index (χ1v) is 11.0. The summed E-state index contributed by atoms with van der Waals surface area (Å²) in [5.74, 6) is -0.0450. The average molecular weight is 461 g/mol. The fourth-order valence-electron chi connectivity index (χ4n) is 4.05. The molecule has 0 aliphatic carbocycles. The summed E-state index contributed by atoms with van der Waals surface area (Å²) in [7, 11) is 1.92. The number of carbonyl (C=O) groups is 1. The van der Waals surface area contributed by atoms with E-state index in [0.29, 0.717) is 38.2 Å². The van der Waals surface area contributed by atoms with Crippen molar-refractivity contribution in [3.63, 3.8) is 0 Å². The van der Waals surface area contributed by atoms with Crippen molar-refractivity contribution in [2.75, 3.05) is 13.1 Å². The minimum atomic E-state index is -0.0450. The fourth-order valence-corrected chi connectivity index (χ4v) is 4.90. The van der Waals surface area contributed by atoms with Crippen LogP contribution in [-0.2, 0) is 13.5 Å². The predicted octanol–water partition coefficient (Wildman–Crippen LogP) is 6.23. The first-order valence-electron chi connectivity index (χ1n) is 9.85. The summed E-state index contributed by atoms with van der Waals surface area (Å²) in [6, 6.07) is 11.0. The highest BCUT2D eigenvalue weighted by molar-refractivity contribution is 6.38. The normalized spacial score (nSPS) is 14.2. The van der Waals surface area contributed by atoms with Gasteiger partial charge in [0, 0.05) is 42.7 Å². The van der Waals surface area contributed by atoms with Crippen LogP contribution in [0.5, 0.6) is 0 Å². The van der Waals surface area contributed by atoms with Gasteiger partial charge in [0.05, 0.1) is 32.8 Å². The van der Waals surface area contributed by atoms with Crippen LogP contribution in [0.1, 0.15) is 46.4 Å². The molecule has 0 saturated carbocycles. The number of benzene rings is 2. The summed E-state index contributed by atoms with van der Waals surface area (Å²) in [4.78, 5) is 14.9.